The van der Waals surface area contributed by atoms with Crippen molar-refractivity contribution in [1.82, 2.24) is 0 Å². The van der Waals surface area contributed by atoms with Gasteiger partial charge < -0.3 is 14.9 Å². The van der Waals surface area contributed by atoms with Crippen LogP contribution < -0.4 is 0 Å². The summed E-state index contributed by atoms with van der Waals surface area (Å²) in [6.07, 6.45) is 10.0. The second kappa shape index (κ2) is 10.5. The molecule has 0 spiro atoms. The lowest BCUT2D eigenvalue weighted by atomic mass is 10.1. The topological polar surface area (TPSA) is 49.7 Å². The molecule has 0 aliphatic carbocycles. The van der Waals surface area contributed by atoms with E-state index in [2.05, 4.69) is 6.92 Å². The molecule has 1 aromatic rings. The minimum absolute atomic E-state index is 0.0686. The van der Waals surface area contributed by atoms with Crippen molar-refractivity contribution in [3.05, 3.63) is 23.8 Å². The molecule has 1 atom stereocenters. The van der Waals surface area contributed by atoms with Crippen molar-refractivity contribution in [3.63, 3.8) is 0 Å². The lowest BCUT2D eigenvalue weighted by Gasteiger charge is -2.15. The van der Waals surface area contributed by atoms with E-state index < -0.39 is 0 Å². The molecule has 120 valence electrons. The van der Waals surface area contributed by atoms with Gasteiger partial charge in [0.2, 0.25) is 0 Å². The first-order valence-corrected chi connectivity index (χ1v) is 8.29. The maximum absolute atomic E-state index is 9.78. The van der Waals surface area contributed by atoms with Gasteiger partial charge in [-0.3, -0.25) is 0 Å². The minimum atomic E-state index is -0.193. The van der Waals surface area contributed by atoms with Crippen molar-refractivity contribution >= 4 is 0 Å². The quantitative estimate of drug-likeness (QED) is 0.429. The summed E-state index contributed by atoms with van der Waals surface area (Å²) in [4.78, 5) is 0. The van der Waals surface area contributed by atoms with Gasteiger partial charge in [0.05, 0.1) is 6.10 Å². The molecule has 0 saturated carbocycles. The average Bonchev–Trinajstić information content (AvgIpc) is 2.48. The molecule has 2 N–H and O–H groups in total. The predicted molar refractivity (Wildman–Crippen MR) is 86.7 cm³/mol. The lowest BCUT2D eigenvalue weighted by molar-refractivity contribution is 0.0609. The van der Waals surface area contributed by atoms with E-state index in [0.717, 1.165) is 6.42 Å². The predicted octanol–water partition coefficient (Wildman–Crippen LogP) is 5.32. The largest absolute Gasteiger partial charge is 0.504 e. The fraction of sp³-hybridized carbons (Fsp3) is 0.667. The molecule has 0 aliphatic rings. The first kappa shape index (κ1) is 17.8. The van der Waals surface area contributed by atoms with Crippen molar-refractivity contribution < 1.29 is 14.9 Å². The van der Waals surface area contributed by atoms with Gasteiger partial charge in [-0.1, -0.05) is 64.0 Å². The van der Waals surface area contributed by atoms with Gasteiger partial charge in [0.1, 0.15) is 0 Å². The third-order valence-corrected chi connectivity index (χ3v) is 3.85. The summed E-state index contributed by atoms with van der Waals surface area (Å²) in [5.74, 6) is -0.157. The third-order valence-electron chi connectivity index (χ3n) is 3.85. The first-order chi connectivity index (χ1) is 10.2. The van der Waals surface area contributed by atoms with Gasteiger partial charge in [-0.05, 0) is 19.4 Å². The van der Waals surface area contributed by atoms with Crippen LogP contribution in [-0.2, 0) is 4.74 Å². The third kappa shape index (κ3) is 6.85. The highest BCUT2D eigenvalue weighted by molar-refractivity contribution is 5.45. The van der Waals surface area contributed by atoms with Gasteiger partial charge in [-0.25, -0.2) is 0 Å². The number of hydrogen-bond donors (Lipinski definition) is 2. The minimum Gasteiger partial charge on any atom is -0.504 e. The number of unbranched alkanes of at least 4 members (excludes halogenated alkanes) is 7. The van der Waals surface area contributed by atoms with Crippen LogP contribution in [0.3, 0.4) is 0 Å². The van der Waals surface area contributed by atoms with Crippen LogP contribution in [0.2, 0.25) is 0 Å². The van der Waals surface area contributed by atoms with Crippen LogP contribution in [0.5, 0.6) is 11.5 Å². The highest BCUT2D eigenvalue weighted by Gasteiger charge is 2.13. The van der Waals surface area contributed by atoms with Crippen molar-refractivity contribution in [3.8, 4) is 11.5 Å². The second-order valence-corrected chi connectivity index (χ2v) is 5.70. The average molecular weight is 294 g/mol. The van der Waals surface area contributed by atoms with Crippen molar-refractivity contribution in [1.29, 1.82) is 0 Å². The molecule has 0 aliphatic heterocycles. The summed E-state index contributed by atoms with van der Waals surface area (Å²) in [6.45, 7) is 4.84. The van der Waals surface area contributed by atoms with Crippen LogP contribution in [0, 0.1) is 0 Å². The number of para-hydroxylation sites is 1. The lowest BCUT2D eigenvalue weighted by Crippen LogP contribution is -2.02. The molecule has 0 fully saturated rings. The SMILES string of the molecule is CCCCCCCCCCOC(C)c1cccc(O)c1O. The van der Waals surface area contributed by atoms with Crippen LogP contribution in [0.1, 0.15) is 76.9 Å². The normalized spacial score (nSPS) is 12.5. The first-order valence-electron chi connectivity index (χ1n) is 8.29. The highest BCUT2D eigenvalue weighted by atomic mass is 16.5. The smallest absolute Gasteiger partial charge is 0.163 e. The Hall–Kier alpha value is -1.22. The Bertz CT molecular complexity index is 390. The number of rotatable bonds is 11. The zero-order valence-corrected chi connectivity index (χ0v) is 13.5. The summed E-state index contributed by atoms with van der Waals surface area (Å²) in [6, 6.07) is 4.98. The van der Waals surface area contributed by atoms with E-state index in [-0.39, 0.29) is 17.6 Å². The second-order valence-electron chi connectivity index (χ2n) is 5.70. The standard InChI is InChI=1S/C18H30O3/c1-3-4-5-6-7-8-9-10-14-21-15(2)16-12-11-13-17(19)18(16)20/h11-13,15,19-20H,3-10,14H2,1-2H3. The van der Waals surface area contributed by atoms with Crippen molar-refractivity contribution in [2.75, 3.05) is 6.61 Å². The Labute approximate surface area is 129 Å². The van der Waals surface area contributed by atoms with Crippen LogP contribution in [0.25, 0.3) is 0 Å². The Balaban J connectivity index is 2.11. The summed E-state index contributed by atoms with van der Waals surface area (Å²) < 4.78 is 5.74. The number of hydrogen-bond acceptors (Lipinski definition) is 3. The molecule has 0 bridgehead atoms. The van der Waals surface area contributed by atoms with Gasteiger partial charge in [0, 0.05) is 12.2 Å². The van der Waals surface area contributed by atoms with E-state index in [4.69, 9.17) is 4.74 Å². The Morgan fingerprint density at radius 2 is 1.57 bits per heavy atom. The molecule has 1 rings (SSSR count). The summed E-state index contributed by atoms with van der Waals surface area (Å²) in [5.41, 5.74) is 0.648. The van der Waals surface area contributed by atoms with Crippen LogP contribution >= 0.6 is 0 Å². The Kier molecular flexibility index (Phi) is 8.91. The number of phenolic OH excluding ortho intramolecular Hbond substituents is 2. The zero-order valence-electron chi connectivity index (χ0n) is 13.5. The zero-order chi connectivity index (χ0) is 15.5. The van der Waals surface area contributed by atoms with Gasteiger partial charge in [0.25, 0.3) is 0 Å². The number of phenols is 2. The van der Waals surface area contributed by atoms with E-state index in [0.29, 0.717) is 12.2 Å². The summed E-state index contributed by atoms with van der Waals surface area (Å²) in [5, 5.41) is 19.3. The molecule has 21 heavy (non-hydrogen) atoms. The van der Waals surface area contributed by atoms with Crippen molar-refractivity contribution in [2.45, 2.75) is 71.3 Å². The van der Waals surface area contributed by atoms with Gasteiger partial charge in [-0.2, -0.15) is 0 Å². The van der Waals surface area contributed by atoms with E-state index in [1.165, 1.54) is 51.0 Å². The Morgan fingerprint density at radius 3 is 2.24 bits per heavy atom. The van der Waals surface area contributed by atoms with Crippen LogP contribution in [0.15, 0.2) is 18.2 Å². The molecule has 0 aromatic heterocycles. The molecule has 0 heterocycles. The molecule has 3 heteroatoms. The van der Waals surface area contributed by atoms with E-state index in [1.54, 1.807) is 12.1 Å². The molecular formula is C18H30O3. The molecule has 3 nitrogen and oxygen atoms in total. The molecule has 0 amide bonds. The maximum atomic E-state index is 9.78. The molecule has 0 saturated heterocycles. The van der Waals surface area contributed by atoms with Crippen molar-refractivity contribution in [2.24, 2.45) is 0 Å². The molecule has 0 radical (unpaired) electrons. The number of benzene rings is 1. The molecular weight excluding hydrogens is 264 g/mol. The van der Waals surface area contributed by atoms with E-state index >= 15 is 0 Å². The maximum Gasteiger partial charge on any atom is 0.163 e. The fourth-order valence-corrected chi connectivity index (χ4v) is 2.46. The van der Waals surface area contributed by atoms with Gasteiger partial charge in [0.15, 0.2) is 11.5 Å². The summed E-state index contributed by atoms with van der Waals surface area (Å²) in [7, 11) is 0. The van der Waals surface area contributed by atoms with Gasteiger partial charge in [-0.15, -0.1) is 0 Å². The monoisotopic (exact) mass is 294 g/mol. The van der Waals surface area contributed by atoms with Gasteiger partial charge >= 0.3 is 0 Å². The molecule has 1 unspecified atom stereocenters. The number of aromatic hydroxyl groups is 2. The van der Waals surface area contributed by atoms with Crippen LogP contribution in [0.4, 0.5) is 0 Å². The highest BCUT2D eigenvalue weighted by Crippen LogP contribution is 2.33. The number of ether oxygens (including phenoxy) is 1. The van der Waals surface area contributed by atoms with E-state index in [9.17, 15) is 10.2 Å². The van der Waals surface area contributed by atoms with E-state index in [1.807, 2.05) is 6.92 Å². The Morgan fingerprint density at radius 1 is 0.952 bits per heavy atom. The fourth-order valence-electron chi connectivity index (χ4n) is 2.46. The molecule has 1 aromatic carbocycles. The summed E-state index contributed by atoms with van der Waals surface area (Å²) >= 11 is 0. The van der Waals surface area contributed by atoms with Crippen LogP contribution in [-0.4, -0.2) is 16.8 Å².